The molecular formula is C84H93F2N19O9. The van der Waals surface area contributed by atoms with Crippen LogP contribution in [0, 0.1) is 30.4 Å². The van der Waals surface area contributed by atoms with Gasteiger partial charge in [0, 0.05) is 115 Å². The molecule has 114 heavy (non-hydrogen) atoms. The van der Waals surface area contributed by atoms with Gasteiger partial charge in [0.15, 0.2) is 23.3 Å². The molecule has 28 nitrogen and oxygen atoms in total. The molecule has 0 radical (unpaired) electrons. The molecule has 2 saturated heterocycles. The van der Waals surface area contributed by atoms with Gasteiger partial charge < -0.3 is 49.4 Å². The Balaban J connectivity index is 0.000000141. The lowest BCUT2D eigenvalue weighted by Crippen LogP contribution is -2.50. The first-order valence-corrected chi connectivity index (χ1v) is 37.7. The number of para-hydroxylation sites is 1. The zero-order valence-corrected chi connectivity index (χ0v) is 64.7. The van der Waals surface area contributed by atoms with E-state index in [4.69, 9.17) is 18.9 Å². The van der Waals surface area contributed by atoms with E-state index in [1.54, 1.807) is 68.8 Å². The molecule has 30 heteroatoms. The second kappa shape index (κ2) is 38.0. The van der Waals surface area contributed by atoms with Crippen LogP contribution in [-0.2, 0) is 0 Å². The zero-order chi connectivity index (χ0) is 80.2. The third-order valence-electron chi connectivity index (χ3n) is 19.8. The molecule has 0 aliphatic carbocycles. The summed E-state index contributed by atoms with van der Waals surface area (Å²) in [6.07, 6.45) is 8.24. The number of rotatable bonds is 20. The van der Waals surface area contributed by atoms with E-state index >= 15 is 0 Å². The predicted octanol–water partition coefficient (Wildman–Crippen LogP) is 16.0. The number of urea groups is 4. The fourth-order valence-electron chi connectivity index (χ4n) is 13.3. The smallest absolute Gasteiger partial charge is 0.323 e. The van der Waals surface area contributed by atoms with E-state index in [0.29, 0.717) is 110 Å². The zero-order valence-electron chi connectivity index (χ0n) is 64.7. The molecule has 2 aliphatic rings. The summed E-state index contributed by atoms with van der Waals surface area (Å²) in [6.45, 7) is 13.4. The summed E-state index contributed by atoms with van der Waals surface area (Å²) in [5, 5.41) is 58.4. The molecule has 15 rings (SSSR count). The molecule has 2 unspecified atom stereocenters. The van der Waals surface area contributed by atoms with Gasteiger partial charge in [0.2, 0.25) is 5.95 Å². The summed E-state index contributed by atoms with van der Waals surface area (Å²) in [5.74, 6) is 5.29. The van der Waals surface area contributed by atoms with Crippen molar-refractivity contribution in [3.63, 3.8) is 0 Å². The van der Waals surface area contributed by atoms with Crippen LogP contribution in [0.5, 0.6) is 23.0 Å². The molecule has 5 aromatic heterocycles. The van der Waals surface area contributed by atoms with Crippen LogP contribution in [-0.4, -0.2) is 177 Å². The molecule has 0 saturated carbocycles. The lowest BCUT2D eigenvalue weighted by Gasteiger charge is -2.34. The Morgan fingerprint density at radius 3 is 1.42 bits per heavy atom. The van der Waals surface area contributed by atoms with Gasteiger partial charge in [-0.25, -0.2) is 37.9 Å². The first-order valence-electron chi connectivity index (χ1n) is 37.7. The number of nitrogens with zero attached hydrogens (tertiary/aromatic N) is 9. The average molecular weight is 1550 g/mol. The molecule has 7 heterocycles. The van der Waals surface area contributed by atoms with Crippen molar-refractivity contribution in [1.82, 2.24) is 71.2 Å². The van der Waals surface area contributed by atoms with Crippen LogP contribution in [0.1, 0.15) is 58.4 Å². The number of benzene rings is 8. The number of methoxy groups -OCH3 is 4. The molecule has 0 spiro atoms. The number of aliphatic hydroxyl groups is 1. The first kappa shape index (κ1) is 80.1. The van der Waals surface area contributed by atoms with Crippen LogP contribution in [0.25, 0.3) is 88.1 Å². The highest BCUT2D eigenvalue weighted by molar-refractivity contribution is 6.04. The van der Waals surface area contributed by atoms with Crippen molar-refractivity contribution >= 4 is 97.0 Å². The van der Waals surface area contributed by atoms with Crippen molar-refractivity contribution in [3.05, 3.63) is 187 Å². The number of hydrogen-bond donors (Lipinski definition) is 11. The van der Waals surface area contributed by atoms with Crippen LogP contribution in [0.4, 0.5) is 57.2 Å². The fourth-order valence-corrected chi connectivity index (χ4v) is 13.3. The molecular weight excluding hydrogens is 1460 g/mol. The van der Waals surface area contributed by atoms with E-state index in [1.807, 2.05) is 116 Å². The van der Waals surface area contributed by atoms with Crippen molar-refractivity contribution in [2.24, 2.45) is 11.8 Å². The van der Waals surface area contributed by atoms with Crippen LogP contribution in [0.3, 0.4) is 0 Å². The molecule has 11 N–H and O–H groups in total. The summed E-state index contributed by atoms with van der Waals surface area (Å²) in [5.41, 5.74) is 11.2. The van der Waals surface area contributed by atoms with E-state index < -0.39 is 0 Å². The second-order valence-corrected chi connectivity index (χ2v) is 27.5. The van der Waals surface area contributed by atoms with E-state index in [9.17, 15) is 33.1 Å². The number of aryl methyl sites for hydroxylation is 1. The maximum Gasteiger partial charge on any atom is 0.323 e. The number of fused-ring (bicyclic) bond motifs is 4. The second-order valence-electron chi connectivity index (χ2n) is 27.5. The largest absolute Gasteiger partial charge is 0.496 e. The van der Waals surface area contributed by atoms with Crippen LogP contribution in [0.2, 0.25) is 0 Å². The summed E-state index contributed by atoms with van der Waals surface area (Å²) >= 11 is 0. The highest BCUT2D eigenvalue weighted by Gasteiger charge is 2.27. The Morgan fingerprint density at radius 1 is 0.509 bits per heavy atom. The molecule has 2 aliphatic heterocycles. The van der Waals surface area contributed by atoms with Crippen LogP contribution in [0.15, 0.2) is 170 Å². The van der Waals surface area contributed by atoms with Crippen molar-refractivity contribution in [3.8, 4) is 67.5 Å². The summed E-state index contributed by atoms with van der Waals surface area (Å²) in [4.78, 5) is 63.5. The molecule has 8 aromatic carbocycles. The lowest BCUT2D eigenvalue weighted by atomic mass is 9.99. The minimum absolute atomic E-state index is 0.111. The number of amides is 8. The Hall–Kier alpha value is -13.4. The number of anilines is 5. The van der Waals surface area contributed by atoms with Gasteiger partial charge >= 0.3 is 24.1 Å². The maximum atomic E-state index is 13.8. The number of hydrogen-bond acceptors (Lipinski definition) is 16. The molecule has 8 amide bonds. The van der Waals surface area contributed by atoms with Gasteiger partial charge in [0.25, 0.3) is 0 Å². The monoisotopic (exact) mass is 1550 g/mol. The average Bonchev–Trinajstić information content (AvgIpc) is 1.61. The predicted molar refractivity (Wildman–Crippen MR) is 441 cm³/mol. The standard InChI is InChI=1S/C23H22FN7O2.C22H26N4O3.C20H24N4O2.C19H21FN4O2/c1-33-20-6-4-16(24)14-18(20)15-3-5-17-19(13-15)28-29-21(17)27-23(32)31-11-9-30(10-12-31)22-25-7-2-8-26-22;1-14-5-8-20(29-2)18(10-14)16-6-7-17-19(11-16)24-25-21(17)23-22(28)26-9-3-4-15(12-26)13-27;1-4-13(2)12-21-20(25)22-19-16-10-9-14(11-17(16)23-24-19)15-7-5-6-8-18(15)26-3;1-3-4-9-21-19(25)22-18-14-7-5-12(10-16(14)23-24-18)15-11-13(20)6-8-17(15)26-2/h2-8,13-14H,9-12H2,1H3,(H2,27,28,29,32);5-8,10-11,15,27H,3-4,9,12-13H2,1-2H3,(H2,23,24,25,28);5-11,13H,4,12H2,1-3H3,(H3,21,22,23,24,25);5-8,10-11H,3-4,9H2,1-2H3,(H3,21,22,23,24,25). The number of aliphatic hydroxyl groups excluding tert-OH is 1. The maximum absolute atomic E-state index is 13.8. The molecule has 13 aromatic rings. The van der Waals surface area contributed by atoms with Gasteiger partial charge in [-0.1, -0.05) is 87.7 Å². The number of carbonyl (C=O) groups excluding carboxylic acids is 4. The third kappa shape index (κ3) is 19.7. The lowest BCUT2D eigenvalue weighted by molar-refractivity contribution is 0.136. The van der Waals surface area contributed by atoms with Crippen molar-refractivity contribution in [2.75, 3.05) is 114 Å². The number of aromatic amines is 4. The number of H-pyrrole nitrogens is 4. The van der Waals surface area contributed by atoms with Gasteiger partial charge in [-0.15, -0.1) is 0 Å². The summed E-state index contributed by atoms with van der Waals surface area (Å²) in [6, 6.07) is 46.5. The third-order valence-corrected chi connectivity index (χ3v) is 19.8. The first-order chi connectivity index (χ1) is 55.4. The van der Waals surface area contributed by atoms with E-state index in [0.717, 1.165) is 126 Å². The minimum atomic E-state index is -0.345. The Bertz CT molecular complexity index is 5470. The van der Waals surface area contributed by atoms with Gasteiger partial charge in [-0.05, 0) is 169 Å². The Labute approximate surface area is 657 Å². The Kier molecular flexibility index (Phi) is 26.7. The highest BCUT2D eigenvalue weighted by Crippen LogP contribution is 2.39. The number of aromatic nitrogens is 10. The molecule has 0 bridgehead atoms. The van der Waals surface area contributed by atoms with Crippen LogP contribution >= 0.6 is 0 Å². The van der Waals surface area contributed by atoms with Gasteiger partial charge in [0.05, 0.1) is 50.5 Å². The number of likely N-dealkylation sites (tertiary alicyclic amines) is 1. The summed E-state index contributed by atoms with van der Waals surface area (Å²) < 4.78 is 49.0. The fraction of sp³-hybridized carbons (Fsp3) is 0.286. The number of nitrogens with one attached hydrogen (secondary N) is 10. The number of halogens is 2. The highest BCUT2D eigenvalue weighted by atomic mass is 19.1. The van der Waals surface area contributed by atoms with Crippen LogP contribution < -0.4 is 55.7 Å². The van der Waals surface area contributed by atoms with Gasteiger partial charge in [-0.2, -0.15) is 20.4 Å². The Morgan fingerprint density at radius 2 is 0.947 bits per heavy atom. The molecule has 592 valence electrons. The van der Waals surface area contributed by atoms with Gasteiger partial charge in [-0.3, -0.25) is 41.7 Å². The number of unbranched alkanes of at least 4 members (excludes halogenated alkanes) is 1. The number of carbonyl (C=O) groups is 4. The van der Waals surface area contributed by atoms with Crippen molar-refractivity contribution in [2.45, 2.75) is 59.8 Å². The SMILES string of the molecule is CCC(C)CNC(=O)Nc1n[nH]c2cc(-c3ccccc3OC)ccc12.CCCCNC(=O)Nc1n[nH]c2cc(-c3cc(F)ccc3OC)ccc12.COc1ccc(C)cc1-c1ccc2c(NC(=O)N3CCCC(CO)C3)n[nH]c2c1.COc1ccc(F)cc1-c1ccc2c(NC(=O)N3CCN(c4ncccn4)CC3)n[nH]c2c1. The van der Waals surface area contributed by atoms with E-state index in [-0.39, 0.29) is 48.3 Å². The number of piperazine rings is 1. The van der Waals surface area contributed by atoms with Gasteiger partial charge in [0.1, 0.15) is 34.6 Å². The molecule has 2 fully saturated rings. The molecule has 2 atom stereocenters. The number of ether oxygens (including phenoxy) is 4. The van der Waals surface area contributed by atoms with E-state index in [2.05, 4.69) is 114 Å². The minimum Gasteiger partial charge on any atom is -0.496 e. The topological polar surface area (TPSA) is 348 Å². The quantitative estimate of drug-likeness (QED) is 0.0316. The number of piperidine rings is 1. The van der Waals surface area contributed by atoms with Crippen molar-refractivity contribution in [1.29, 1.82) is 0 Å². The summed E-state index contributed by atoms with van der Waals surface area (Å²) in [7, 11) is 6.42. The normalized spacial score (nSPS) is 13.5. The van der Waals surface area contributed by atoms with Crippen molar-refractivity contribution < 1.29 is 52.0 Å². The van der Waals surface area contributed by atoms with E-state index in [1.165, 1.54) is 24.3 Å².